The Morgan fingerprint density at radius 2 is 2.05 bits per heavy atom. The summed E-state index contributed by atoms with van der Waals surface area (Å²) >= 11 is 12.1. The second-order valence-electron chi connectivity index (χ2n) is 4.94. The van der Waals surface area contributed by atoms with Crippen molar-refractivity contribution >= 4 is 40.5 Å². The SMILES string of the molecule is CCC(C)NC(=O)c1ccc(Nc2cccc(Cl)c2Cl)cn1. The number of carbonyl (C=O) groups excluding carboxylic acids is 1. The number of halogens is 2. The minimum Gasteiger partial charge on any atom is -0.353 e. The molecule has 1 aromatic heterocycles. The first-order chi connectivity index (χ1) is 10.5. The number of benzene rings is 1. The molecule has 1 atom stereocenters. The molecule has 0 aliphatic carbocycles. The molecule has 6 heteroatoms. The van der Waals surface area contributed by atoms with Gasteiger partial charge in [0.05, 0.1) is 27.6 Å². The van der Waals surface area contributed by atoms with Crippen LogP contribution in [-0.2, 0) is 0 Å². The van der Waals surface area contributed by atoms with E-state index < -0.39 is 0 Å². The highest BCUT2D eigenvalue weighted by molar-refractivity contribution is 6.43. The molecule has 0 radical (unpaired) electrons. The normalized spacial score (nSPS) is 11.8. The van der Waals surface area contributed by atoms with Gasteiger partial charge < -0.3 is 10.6 Å². The quantitative estimate of drug-likeness (QED) is 0.834. The van der Waals surface area contributed by atoms with Gasteiger partial charge in [0.15, 0.2) is 0 Å². The third kappa shape index (κ3) is 4.12. The van der Waals surface area contributed by atoms with Crippen LogP contribution in [0, 0.1) is 0 Å². The lowest BCUT2D eigenvalue weighted by atomic mass is 10.2. The van der Waals surface area contributed by atoms with Crippen molar-refractivity contribution in [1.29, 1.82) is 0 Å². The van der Waals surface area contributed by atoms with Crippen molar-refractivity contribution < 1.29 is 4.79 Å². The van der Waals surface area contributed by atoms with Gasteiger partial charge in [-0.15, -0.1) is 0 Å². The summed E-state index contributed by atoms with van der Waals surface area (Å²) in [5.74, 6) is -0.179. The van der Waals surface area contributed by atoms with E-state index in [2.05, 4.69) is 15.6 Å². The molecule has 22 heavy (non-hydrogen) atoms. The molecule has 0 aliphatic heterocycles. The lowest BCUT2D eigenvalue weighted by Gasteiger charge is -2.12. The lowest BCUT2D eigenvalue weighted by molar-refractivity contribution is 0.0934. The van der Waals surface area contributed by atoms with E-state index in [1.54, 1.807) is 30.5 Å². The summed E-state index contributed by atoms with van der Waals surface area (Å²) in [4.78, 5) is 16.1. The molecule has 0 fully saturated rings. The van der Waals surface area contributed by atoms with Gasteiger partial charge in [0.2, 0.25) is 0 Å². The second-order valence-corrected chi connectivity index (χ2v) is 5.73. The number of hydrogen-bond donors (Lipinski definition) is 2. The van der Waals surface area contributed by atoms with Crippen molar-refractivity contribution in [2.45, 2.75) is 26.3 Å². The molecule has 0 saturated carbocycles. The molecule has 1 amide bonds. The third-order valence-electron chi connectivity index (χ3n) is 3.22. The number of nitrogens with one attached hydrogen (secondary N) is 2. The highest BCUT2D eigenvalue weighted by Gasteiger charge is 2.10. The Balaban J connectivity index is 2.09. The fraction of sp³-hybridized carbons (Fsp3) is 0.250. The largest absolute Gasteiger partial charge is 0.353 e. The average molecular weight is 338 g/mol. The Hall–Kier alpha value is -1.78. The van der Waals surface area contributed by atoms with Crippen LogP contribution in [0.25, 0.3) is 0 Å². The van der Waals surface area contributed by atoms with Crippen molar-refractivity contribution in [3.05, 3.63) is 52.3 Å². The zero-order chi connectivity index (χ0) is 16.1. The van der Waals surface area contributed by atoms with E-state index in [0.29, 0.717) is 21.4 Å². The van der Waals surface area contributed by atoms with Crippen LogP contribution in [0.4, 0.5) is 11.4 Å². The number of anilines is 2. The molecule has 2 N–H and O–H groups in total. The predicted molar refractivity (Wildman–Crippen MR) is 91.2 cm³/mol. The number of rotatable bonds is 5. The number of pyridine rings is 1. The summed E-state index contributed by atoms with van der Waals surface area (Å²) in [6, 6.07) is 8.90. The molecule has 0 spiro atoms. The molecule has 1 aromatic carbocycles. The highest BCUT2D eigenvalue weighted by atomic mass is 35.5. The summed E-state index contributed by atoms with van der Waals surface area (Å²) in [5.41, 5.74) is 1.79. The molecule has 116 valence electrons. The number of amides is 1. The Bertz CT molecular complexity index is 659. The molecule has 0 aliphatic rings. The highest BCUT2D eigenvalue weighted by Crippen LogP contribution is 2.31. The molecular weight excluding hydrogens is 321 g/mol. The first-order valence-electron chi connectivity index (χ1n) is 6.99. The summed E-state index contributed by atoms with van der Waals surface area (Å²) in [6.07, 6.45) is 2.46. The monoisotopic (exact) mass is 337 g/mol. The number of nitrogens with zero attached hydrogens (tertiary/aromatic N) is 1. The first-order valence-corrected chi connectivity index (χ1v) is 7.74. The maximum absolute atomic E-state index is 11.9. The van der Waals surface area contributed by atoms with Gasteiger partial charge in [0, 0.05) is 6.04 Å². The molecule has 1 heterocycles. The minimum absolute atomic E-state index is 0.123. The van der Waals surface area contributed by atoms with Crippen molar-refractivity contribution in [3.8, 4) is 0 Å². The average Bonchev–Trinajstić information content (AvgIpc) is 2.52. The lowest BCUT2D eigenvalue weighted by Crippen LogP contribution is -2.32. The Morgan fingerprint density at radius 3 is 2.68 bits per heavy atom. The minimum atomic E-state index is -0.179. The van der Waals surface area contributed by atoms with E-state index in [0.717, 1.165) is 12.1 Å². The molecule has 2 aromatic rings. The van der Waals surface area contributed by atoms with Gasteiger partial charge in [-0.25, -0.2) is 4.98 Å². The van der Waals surface area contributed by atoms with Crippen molar-refractivity contribution in [2.75, 3.05) is 5.32 Å². The maximum atomic E-state index is 11.9. The van der Waals surface area contributed by atoms with Gasteiger partial charge in [-0.2, -0.15) is 0 Å². The zero-order valence-corrected chi connectivity index (χ0v) is 13.9. The van der Waals surface area contributed by atoms with Gasteiger partial charge in [-0.05, 0) is 37.6 Å². The van der Waals surface area contributed by atoms with E-state index in [-0.39, 0.29) is 11.9 Å². The van der Waals surface area contributed by atoms with Crippen LogP contribution in [0.3, 0.4) is 0 Å². The van der Waals surface area contributed by atoms with Crippen LogP contribution in [0.1, 0.15) is 30.8 Å². The maximum Gasteiger partial charge on any atom is 0.270 e. The summed E-state index contributed by atoms with van der Waals surface area (Å²) in [6.45, 7) is 3.97. The van der Waals surface area contributed by atoms with Crippen molar-refractivity contribution in [2.24, 2.45) is 0 Å². The van der Waals surface area contributed by atoms with E-state index in [4.69, 9.17) is 23.2 Å². The summed E-state index contributed by atoms with van der Waals surface area (Å²) in [5, 5.41) is 6.91. The van der Waals surface area contributed by atoms with Crippen molar-refractivity contribution in [3.63, 3.8) is 0 Å². The fourth-order valence-electron chi connectivity index (χ4n) is 1.76. The molecule has 2 rings (SSSR count). The number of carbonyl (C=O) groups is 1. The fourth-order valence-corrected chi connectivity index (χ4v) is 2.11. The number of hydrogen-bond acceptors (Lipinski definition) is 3. The first kappa shape index (κ1) is 16.6. The third-order valence-corrected chi connectivity index (χ3v) is 4.04. The Kier molecular flexibility index (Phi) is 5.63. The van der Waals surface area contributed by atoms with Gasteiger partial charge >= 0.3 is 0 Å². The van der Waals surface area contributed by atoms with E-state index in [1.165, 1.54) is 0 Å². The molecule has 0 bridgehead atoms. The van der Waals surface area contributed by atoms with Crippen molar-refractivity contribution in [1.82, 2.24) is 10.3 Å². The van der Waals surface area contributed by atoms with Crippen LogP contribution in [-0.4, -0.2) is 16.9 Å². The molecule has 0 saturated heterocycles. The topological polar surface area (TPSA) is 54.0 Å². The van der Waals surface area contributed by atoms with Crippen LogP contribution in [0.2, 0.25) is 10.0 Å². The van der Waals surface area contributed by atoms with Crippen LogP contribution >= 0.6 is 23.2 Å². The van der Waals surface area contributed by atoms with Crippen LogP contribution in [0.15, 0.2) is 36.5 Å². The van der Waals surface area contributed by atoms with Gasteiger partial charge in [0.25, 0.3) is 5.91 Å². The molecule has 1 unspecified atom stereocenters. The Morgan fingerprint density at radius 1 is 1.27 bits per heavy atom. The molecule has 4 nitrogen and oxygen atoms in total. The van der Waals surface area contributed by atoms with E-state index >= 15 is 0 Å². The van der Waals surface area contributed by atoms with Crippen LogP contribution in [0.5, 0.6) is 0 Å². The van der Waals surface area contributed by atoms with E-state index in [1.807, 2.05) is 19.9 Å². The van der Waals surface area contributed by atoms with E-state index in [9.17, 15) is 4.79 Å². The smallest absolute Gasteiger partial charge is 0.270 e. The van der Waals surface area contributed by atoms with Gasteiger partial charge in [-0.3, -0.25) is 4.79 Å². The summed E-state index contributed by atoms with van der Waals surface area (Å²) < 4.78 is 0. The summed E-state index contributed by atoms with van der Waals surface area (Å²) in [7, 11) is 0. The standard InChI is InChI=1S/C16H17Cl2N3O/c1-3-10(2)20-16(22)14-8-7-11(9-19-14)21-13-6-4-5-12(17)15(13)18/h4-10,21H,3H2,1-2H3,(H,20,22). The Labute approximate surface area is 139 Å². The zero-order valence-electron chi connectivity index (χ0n) is 12.4. The van der Waals surface area contributed by atoms with Gasteiger partial charge in [0.1, 0.15) is 5.69 Å². The number of aromatic nitrogens is 1. The van der Waals surface area contributed by atoms with Gasteiger partial charge in [-0.1, -0.05) is 36.2 Å². The second kappa shape index (κ2) is 7.47. The van der Waals surface area contributed by atoms with Crippen LogP contribution < -0.4 is 10.6 Å². The molecular formula is C16H17Cl2N3O. The predicted octanol–water partition coefficient (Wildman–Crippen LogP) is 4.66.